The van der Waals surface area contributed by atoms with E-state index in [1.807, 2.05) is 55.5 Å². The van der Waals surface area contributed by atoms with Crippen molar-refractivity contribution in [3.63, 3.8) is 0 Å². The van der Waals surface area contributed by atoms with Crippen molar-refractivity contribution >= 4 is 13.7 Å². The SMILES string of the molecule is CCOP(=O)(C=Cc1cn(-c2ccccc2)nc1OCc1ccc(OCc2nc(-c3cccc(O)c3)oc2C)c(OC)c1)OCC. The van der Waals surface area contributed by atoms with Crippen LogP contribution in [-0.2, 0) is 26.8 Å². The van der Waals surface area contributed by atoms with Gasteiger partial charge in [0.05, 0.1) is 31.6 Å². The van der Waals surface area contributed by atoms with Gasteiger partial charge in [0.2, 0.25) is 11.8 Å². The number of aryl methyl sites for hydroxylation is 1. The first-order valence-corrected chi connectivity index (χ1v) is 16.3. The van der Waals surface area contributed by atoms with Crippen LogP contribution in [0.2, 0.25) is 0 Å². The van der Waals surface area contributed by atoms with Gasteiger partial charge in [-0.1, -0.05) is 30.3 Å². The molecule has 0 amide bonds. The summed E-state index contributed by atoms with van der Waals surface area (Å²) >= 11 is 0. The van der Waals surface area contributed by atoms with Crippen LogP contribution >= 0.6 is 7.60 Å². The molecule has 0 spiro atoms. The summed E-state index contributed by atoms with van der Waals surface area (Å²) in [4.78, 5) is 4.54. The molecule has 0 saturated carbocycles. The summed E-state index contributed by atoms with van der Waals surface area (Å²) < 4.78 is 49.2. The van der Waals surface area contributed by atoms with Crippen molar-refractivity contribution in [2.24, 2.45) is 0 Å². The normalized spacial score (nSPS) is 11.7. The minimum absolute atomic E-state index is 0.131. The van der Waals surface area contributed by atoms with E-state index in [9.17, 15) is 9.67 Å². The molecule has 0 radical (unpaired) electrons. The van der Waals surface area contributed by atoms with E-state index in [0.717, 1.165) is 11.3 Å². The topological polar surface area (TPSA) is 127 Å². The molecular formula is C34H36N3O8P. The average Bonchev–Trinajstić information content (AvgIpc) is 3.65. The fourth-order valence-electron chi connectivity index (χ4n) is 4.51. The van der Waals surface area contributed by atoms with Crippen LogP contribution in [0.3, 0.4) is 0 Å². The van der Waals surface area contributed by atoms with Crippen LogP contribution in [-0.4, -0.2) is 40.2 Å². The Bertz CT molecular complexity index is 1820. The van der Waals surface area contributed by atoms with Gasteiger partial charge >= 0.3 is 7.60 Å². The Hall–Kier alpha value is -4.83. The summed E-state index contributed by atoms with van der Waals surface area (Å²) in [5.41, 5.74) is 3.54. The number of para-hydroxylation sites is 1. The second kappa shape index (κ2) is 15.0. The molecule has 0 unspecified atom stereocenters. The van der Waals surface area contributed by atoms with Gasteiger partial charge in [-0.3, -0.25) is 4.57 Å². The van der Waals surface area contributed by atoms with Crippen LogP contribution in [0.4, 0.5) is 0 Å². The number of aromatic nitrogens is 3. The Balaban J connectivity index is 1.31. The molecule has 2 heterocycles. The molecule has 240 valence electrons. The number of hydrogen-bond acceptors (Lipinski definition) is 10. The highest BCUT2D eigenvalue weighted by Gasteiger charge is 2.20. The first-order valence-electron chi connectivity index (χ1n) is 14.7. The molecule has 12 heteroatoms. The third-order valence-corrected chi connectivity index (χ3v) is 8.49. The maximum atomic E-state index is 13.1. The first-order chi connectivity index (χ1) is 22.3. The second-order valence-electron chi connectivity index (χ2n) is 10.00. The van der Waals surface area contributed by atoms with E-state index >= 15 is 0 Å². The number of nitrogens with zero attached hydrogens (tertiary/aromatic N) is 3. The largest absolute Gasteiger partial charge is 0.508 e. The van der Waals surface area contributed by atoms with Gasteiger partial charge in [0.1, 0.15) is 30.4 Å². The monoisotopic (exact) mass is 645 g/mol. The van der Waals surface area contributed by atoms with E-state index in [-0.39, 0.29) is 32.2 Å². The number of ether oxygens (including phenoxy) is 3. The van der Waals surface area contributed by atoms with Gasteiger partial charge < -0.3 is 32.8 Å². The van der Waals surface area contributed by atoms with Crippen molar-refractivity contribution in [2.75, 3.05) is 20.3 Å². The van der Waals surface area contributed by atoms with E-state index in [1.165, 1.54) is 5.82 Å². The fraction of sp³-hybridized carbons (Fsp3) is 0.235. The lowest BCUT2D eigenvalue weighted by molar-refractivity contribution is 0.229. The predicted octanol–water partition coefficient (Wildman–Crippen LogP) is 7.94. The lowest BCUT2D eigenvalue weighted by atomic mass is 10.2. The molecule has 46 heavy (non-hydrogen) atoms. The number of aromatic hydroxyl groups is 1. The predicted molar refractivity (Wildman–Crippen MR) is 173 cm³/mol. The molecule has 0 atom stereocenters. The van der Waals surface area contributed by atoms with Gasteiger partial charge in [0.15, 0.2) is 11.5 Å². The van der Waals surface area contributed by atoms with Crippen molar-refractivity contribution in [1.82, 2.24) is 14.8 Å². The minimum atomic E-state index is -3.43. The molecule has 0 bridgehead atoms. The van der Waals surface area contributed by atoms with Crippen LogP contribution in [0.1, 0.15) is 36.4 Å². The zero-order valence-corrected chi connectivity index (χ0v) is 27.0. The standard InChI is InChI=1S/C34H36N3O8P/c1-5-43-46(39,44-6-2)18-17-27-21-37(28-12-8-7-9-13-28)36-34(27)42-22-25-15-16-31(32(19-25)40-4)41-23-30-24(3)45-33(35-30)26-11-10-14-29(38)20-26/h7-21,38H,5-6,22-23H2,1-4H3. The maximum absolute atomic E-state index is 13.1. The van der Waals surface area contributed by atoms with Crippen molar-refractivity contribution in [2.45, 2.75) is 34.0 Å². The van der Waals surface area contributed by atoms with Gasteiger partial charge in [0.25, 0.3) is 0 Å². The second-order valence-corrected chi connectivity index (χ2v) is 11.9. The summed E-state index contributed by atoms with van der Waals surface area (Å²) in [5.74, 6) is 3.94. The number of hydrogen-bond donors (Lipinski definition) is 1. The summed E-state index contributed by atoms with van der Waals surface area (Å²) in [6.07, 6.45) is 3.43. The summed E-state index contributed by atoms with van der Waals surface area (Å²) in [5, 5.41) is 14.4. The number of phenolic OH excluding ortho intramolecular Hbond substituents is 1. The van der Waals surface area contributed by atoms with Crippen molar-refractivity contribution in [3.8, 4) is 40.3 Å². The van der Waals surface area contributed by atoms with E-state index < -0.39 is 7.60 Å². The lowest BCUT2D eigenvalue weighted by Gasteiger charge is -2.13. The van der Waals surface area contributed by atoms with Crippen LogP contribution < -0.4 is 14.2 Å². The maximum Gasteiger partial charge on any atom is 0.354 e. The molecule has 11 nitrogen and oxygen atoms in total. The van der Waals surface area contributed by atoms with Crippen molar-refractivity contribution in [1.29, 1.82) is 0 Å². The molecule has 3 aromatic carbocycles. The third kappa shape index (κ3) is 8.06. The molecule has 5 aromatic rings. The minimum Gasteiger partial charge on any atom is -0.508 e. The van der Waals surface area contributed by atoms with E-state index in [0.29, 0.717) is 45.9 Å². The van der Waals surface area contributed by atoms with Crippen LogP contribution in [0.25, 0.3) is 23.2 Å². The Morgan fingerprint density at radius 3 is 2.43 bits per heavy atom. The Labute approximate surface area is 267 Å². The quantitative estimate of drug-likeness (QED) is 0.112. The Kier molecular flexibility index (Phi) is 10.6. The molecule has 0 aliphatic heterocycles. The highest BCUT2D eigenvalue weighted by Crippen LogP contribution is 2.50. The highest BCUT2D eigenvalue weighted by molar-refractivity contribution is 7.57. The Morgan fingerprint density at radius 1 is 0.935 bits per heavy atom. The smallest absolute Gasteiger partial charge is 0.354 e. The number of methoxy groups -OCH3 is 1. The average molecular weight is 646 g/mol. The highest BCUT2D eigenvalue weighted by atomic mass is 31.2. The molecule has 2 aromatic heterocycles. The van der Waals surface area contributed by atoms with Crippen LogP contribution in [0.15, 0.2) is 89.2 Å². The summed E-state index contributed by atoms with van der Waals surface area (Å²) in [6.45, 7) is 6.15. The van der Waals surface area contributed by atoms with Crippen LogP contribution in [0.5, 0.6) is 23.1 Å². The van der Waals surface area contributed by atoms with Gasteiger partial charge in [-0.25, -0.2) is 9.67 Å². The van der Waals surface area contributed by atoms with Gasteiger partial charge in [-0.2, -0.15) is 0 Å². The number of phenols is 1. The summed E-state index contributed by atoms with van der Waals surface area (Å²) in [7, 11) is -1.87. The van der Waals surface area contributed by atoms with E-state index in [4.69, 9.17) is 27.7 Å². The number of benzene rings is 3. The molecule has 1 N–H and O–H groups in total. The van der Waals surface area contributed by atoms with Crippen molar-refractivity contribution in [3.05, 3.63) is 107 Å². The zero-order chi connectivity index (χ0) is 32.5. The van der Waals surface area contributed by atoms with E-state index in [2.05, 4.69) is 10.1 Å². The molecule has 0 aliphatic carbocycles. The van der Waals surface area contributed by atoms with Gasteiger partial charge in [-0.15, -0.1) is 5.10 Å². The van der Waals surface area contributed by atoms with Gasteiger partial charge in [-0.05, 0) is 74.9 Å². The number of rotatable bonds is 15. The van der Waals surface area contributed by atoms with Gasteiger partial charge in [0, 0.05) is 17.6 Å². The summed E-state index contributed by atoms with van der Waals surface area (Å²) in [6, 6.07) is 21.8. The van der Waals surface area contributed by atoms with Crippen LogP contribution in [0, 0.1) is 6.92 Å². The molecule has 0 aliphatic rings. The molecule has 5 rings (SSSR count). The lowest BCUT2D eigenvalue weighted by Crippen LogP contribution is -2.02. The first kappa shape index (κ1) is 32.6. The molecule has 0 fully saturated rings. The fourth-order valence-corrected chi connectivity index (χ4v) is 5.82. The zero-order valence-electron chi connectivity index (χ0n) is 26.1. The Morgan fingerprint density at radius 2 is 1.72 bits per heavy atom. The molecule has 0 saturated heterocycles. The molecular weight excluding hydrogens is 609 g/mol. The number of oxazole rings is 1. The van der Waals surface area contributed by atoms with E-state index in [1.54, 1.807) is 62.2 Å². The third-order valence-electron chi connectivity index (χ3n) is 6.74. The van der Waals surface area contributed by atoms with Crippen molar-refractivity contribution < 1.29 is 37.3 Å².